The Morgan fingerprint density at radius 2 is 2.08 bits per heavy atom. The summed E-state index contributed by atoms with van der Waals surface area (Å²) in [6.45, 7) is 0. The summed E-state index contributed by atoms with van der Waals surface area (Å²) in [6, 6.07) is 13.3. The van der Waals surface area contributed by atoms with Crippen LogP contribution in [0.25, 0.3) is 10.9 Å². The smallest absolute Gasteiger partial charge is 0.234 e. The van der Waals surface area contributed by atoms with Gasteiger partial charge in [-0.25, -0.2) is 0 Å². The minimum absolute atomic E-state index is 0.103. The summed E-state index contributed by atoms with van der Waals surface area (Å²) in [4.78, 5) is 13.4. The van der Waals surface area contributed by atoms with E-state index in [1.165, 1.54) is 11.8 Å². The van der Waals surface area contributed by atoms with Crippen molar-refractivity contribution < 1.29 is 9.53 Å². The van der Waals surface area contributed by atoms with E-state index in [0.29, 0.717) is 22.2 Å². The van der Waals surface area contributed by atoms with Crippen LogP contribution >= 0.6 is 23.4 Å². The van der Waals surface area contributed by atoms with Crippen LogP contribution in [0.5, 0.6) is 5.75 Å². The molecule has 0 aliphatic heterocycles. The van der Waals surface area contributed by atoms with E-state index in [0.717, 1.165) is 15.8 Å². The van der Waals surface area contributed by atoms with Gasteiger partial charge in [-0.2, -0.15) is 0 Å². The van der Waals surface area contributed by atoms with Crippen molar-refractivity contribution in [1.82, 2.24) is 4.57 Å². The first-order chi connectivity index (χ1) is 11.6. The molecule has 3 rings (SSSR count). The lowest BCUT2D eigenvalue weighted by Gasteiger charge is -2.10. The monoisotopic (exact) mass is 360 g/mol. The predicted molar refractivity (Wildman–Crippen MR) is 100 cm³/mol. The van der Waals surface area contributed by atoms with E-state index >= 15 is 0 Å². The van der Waals surface area contributed by atoms with Gasteiger partial charge >= 0.3 is 0 Å². The minimum Gasteiger partial charge on any atom is -0.495 e. The number of methoxy groups -OCH3 is 1. The molecule has 0 saturated heterocycles. The summed E-state index contributed by atoms with van der Waals surface area (Å²) in [5.74, 6) is 0.792. The first-order valence-electron chi connectivity index (χ1n) is 7.38. The largest absolute Gasteiger partial charge is 0.495 e. The molecular weight excluding hydrogens is 344 g/mol. The molecule has 0 spiro atoms. The predicted octanol–water partition coefficient (Wildman–Crippen LogP) is 4.57. The van der Waals surface area contributed by atoms with Gasteiger partial charge in [0, 0.05) is 34.1 Å². The minimum atomic E-state index is -0.103. The SMILES string of the molecule is COc1ccc(Cl)cc1NC(=O)CSc1cn(C)c2ccccc12. The highest BCUT2D eigenvalue weighted by Gasteiger charge is 2.11. The molecule has 0 fully saturated rings. The number of hydrogen-bond donors (Lipinski definition) is 1. The molecule has 0 saturated carbocycles. The highest BCUT2D eigenvalue weighted by molar-refractivity contribution is 8.00. The van der Waals surface area contributed by atoms with Gasteiger partial charge in [0.05, 0.1) is 18.6 Å². The van der Waals surface area contributed by atoms with Gasteiger partial charge in [-0.3, -0.25) is 4.79 Å². The summed E-state index contributed by atoms with van der Waals surface area (Å²) in [5.41, 5.74) is 1.73. The molecule has 1 aromatic heterocycles. The number of fused-ring (bicyclic) bond motifs is 1. The van der Waals surface area contributed by atoms with E-state index in [1.54, 1.807) is 25.3 Å². The zero-order valence-corrected chi connectivity index (χ0v) is 14.9. The van der Waals surface area contributed by atoms with Crippen LogP contribution in [0, 0.1) is 0 Å². The molecule has 2 aromatic carbocycles. The fourth-order valence-electron chi connectivity index (χ4n) is 2.53. The Morgan fingerprint density at radius 3 is 2.88 bits per heavy atom. The second-order valence-electron chi connectivity index (χ2n) is 5.30. The number of para-hydroxylation sites is 1. The maximum atomic E-state index is 12.3. The molecule has 0 atom stereocenters. The second kappa shape index (κ2) is 7.20. The van der Waals surface area contributed by atoms with E-state index in [-0.39, 0.29) is 5.91 Å². The average molecular weight is 361 g/mol. The summed E-state index contributed by atoms with van der Waals surface area (Å²) < 4.78 is 7.31. The Kier molecular flexibility index (Phi) is 5.02. The van der Waals surface area contributed by atoms with Gasteiger partial charge in [0.2, 0.25) is 5.91 Å². The molecule has 0 aliphatic carbocycles. The second-order valence-corrected chi connectivity index (χ2v) is 6.76. The Labute approximate surface area is 149 Å². The molecule has 0 unspecified atom stereocenters. The van der Waals surface area contributed by atoms with Gasteiger partial charge in [-0.15, -0.1) is 11.8 Å². The number of nitrogens with zero attached hydrogens (tertiary/aromatic N) is 1. The van der Waals surface area contributed by atoms with Gasteiger partial charge in [0.25, 0.3) is 0 Å². The highest BCUT2D eigenvalue weighted by atomic mass is 35.5. The summed E-state index contributed by atoms with van der Waals surface area (Å²) in [6.07, 6.45) is 2.04. The van der Waals surface area contributed by atoms with E-state index in [4.69, 9.17) is 16.3 Å². The summed E-state index contributed by atoms with van der Waals surface area (Å²) in [5, 5.41) is 4.55. The first-order valence-corrected chi connectivity index (χ1v) is 8.75. The van der Waals surface area contributed by atoms with E-state index in [1.807, 2.05) is 25.4 Å². The molecule has 6 heteroatoms. The number of rotatable bonds is 5. The zero-order chi connectivity index (χ0) is 17.1. The molecule has 1 heterocycles. The van der Waals surface area contributed by atoms with Gasteiger partial charge in [0.15, 0.2) is 0 Å². The van der Waals surface area contributed by atoms with Crippen molar-refractivity contribution in [3.63, 3.8) is 0 Å². The Balaban J connectivity index is 1.71. The maximum Gasteiger partial charge on any atom is 0.234 e. The van der Waals surface area contributed by atoms with Crippen molar-refractivity contribution in [3.8, 4) is 5.75 Å². The maximum absolute atomic E-state index is 12.3. The molecule has 0 bridgehead atoms. The number of nitrogens with one attached hydrogen (secondary N) is 1. The van der Waals surface area contributed by atoms with E-state index < -0.39 is 0 Å². The molecule has 124 valence electrons. The lowest BCUT2D eigenvalue weighted by molar-refractivity contribution is -0.113. The van der Waals surface area contributed by atoms with Crippen LogP contribution in [-0.4, -0.2) is 23.3 Å². The van der Waals surface area contributed by atoms with Crippen LogP contribution < -0.4 is 10.1 Å². The van der Waals surface area contributed by atoms with Crippen molar-refractivity contribution in [2.75, 3.05) is 18.2 Å². The number of hydrogen-bond acceptors (Lipinski definition) is 3. The fourth-order valence-corrected chi connectivity index (χ4v) is 3.62. The molecule has 24 heavy (non-hydrogen) atoms. The molecule has 0 aliphatic rings. The standard InChI is InChI=1S/C18H17ClN2O2S/c1-21-10-17(13-5-3-4-6-15(13)21)24-11-18(22)20-14-9-12(19)7-8-16(14)23-2/h3-10H,11H2,1-2H3,(H,20,22). The molecule has 1 N–H and O–H groups in total. The van der Waals surface area contributed by atoms with Crippen molar-refractivity contribution in [2.45, 2.75) is 4.90 Å². The van der Waals surface area contributed by atoms with Crippen LogP contribution in [-0.2, 0) is 11.8 Å². The number of carbonyl (C=O) groups is 1. The van der Waals surface area contributed by atoms with Gasteiger partial charge in [0.1, 0.15) is 5.75 Å². The van der Waals surface area contributed by atoms with Gasteiger partial charge in [-0.1, -0.05) is 29.8 Å². The normalized spacial score (nSPS) is 10.8. The number of aromatic nitrogens is 1. The third-order valence-corrected chi connectivity index (χ3v) is 4.93. The van der Waals surface area contributed by atoms with Crippen LogP contribution in [0.1, 0.15) is 0 Å². The van der Waals surface area contributed by atoms with Crippen molar-refractivity contribution >= 4 is 45.9 Å². The van der Waals surface area contributed by atoms with E-state index in [2.05, 4.69) is 22.0 Å². The highest BCUT2D eigenvalue weighted by Crippen LogP contribution is 2.31. The number of ether oxygens (including phenoxy) is 1. The third kappa shape index (κ3) is 3.52. The lowest BCUT2D eigenvalue weighted by atomic mass is 10.2. The number of aryl methyl sites for hydroxylation is 1. The number of halogens is 1. The third-order valence-electron chi connectivity index (χ3n) is 3.65. The quantitative estimate of drug-likeness (QED) is 0.678. The molecule has 1 amide bonds. The number of benzene rings is 2. The van der Waals surface area contributed by atoms with Gasteiger partial charge < -0.3 is 14.6 Å². The average Bonchev–Trinajstić information content (AvgIpc) is 2.90. The van der Waals surface area contributed by atoms with Crippen molar-refractivity contribution in [2.24, 2.45) is 7.05 Å². The topological polar surface area (TPSA) is 43.3 Å². The Hall–Kier alpha value is -2.11. The lowest BCUT2D eigenvalue weighted by Crippen LogP contribution is -2.14. The Bertz CT molecular complexity index is 892. The van der Waals surface area contributed by atoms with Crippen LogP contribution in [0.3, 0.4) is 0 Å². The van der Waals surface area contributed by atoms with Crippen LogP contribution in [0.2, 0.25) is 5.02 Å². The molecular formula is C18H17ClN2O2S. The van der Waals surface area contributed by atoms with Crippen LogP contribution in [0.4, 0.5) is 5.69 Å². The molecule has 3 aromatic rings. The zero-order valence-electron chi connectivity index (χ0n) is 13.4. The Morgan fingerprint density at radius 1 is 1.29 bits per heavy atom. The molecule has 0 radical (unpaired) electrons. The van der Waals surface area contributed by atoms with E-state index in [9.17, 15) is 4.79 Å². The number of thioether (sulfide) groups is 1. The van der Waals surface area contributed by atoms with Crippen LogP contribution in [0.15, 0.2) is 53.6 Å². The molecule has 4 nitrogen and oxygen atoms in total. The van der Waals surface area contributed by atoms with Crippen molar-refractivity contribution in [1.29, 1.82) is 0 Å². The fraction of sp³-hybridized carbons (Fsp3) is 0.167. The van der Waals surface area contributed by atoms with Crippen molar-refractivity contribution in [3.05, 3.63) is 53.7 Å². The number of amides is 1. The van der Waals surface area contributed by atoms with Gasteiger partial charge in [-0.05, 0) is 24.3 Å². The number of carbonyl (C=O) groups excluding carboxylic acids is 1. The summed E-state index contributed by atoms with van der Waals surface area (Å²) >= 11 is 7.49. The first kappa shape index (κ1) is 16.7. The number of anilines is 1. The summed E-state index contributed by atoms with van der Waals surface area (Å²) in [7, 11) is 3.56.